The molecule has 0 radical (unpaired) electrons. The minimum atomic E-state index is -0.518. The fourth-order valence-electron chi connectivity index (χ4n) is 2.59. The first-order valence-corrected chi connectivity index (χ1v) is 8.07. The fourth-order valence-corrected chi connectivity index (χ4v) is 2.59. The Morgan fingerprint density at radius 3 is 2.79 bits per heavy atom. The molecule has 124 valence electrons. The first-order chi connectivity index (χ1) is 11.6. The Labute approximate surface area is 141 Å². The third-order valence-corrected chi connectivity index (χ3v) is 3.94. The van der Waals surface area contributed by atoms with Crippen LogP contribution >= 0.6 is 0 Å². The van der Waals surface area contributed by atoms with Gasteiger partial charge in [0.15, 0.2) is 6.10 Å². The zero-order valence-corrected chi connectivity index (χ0v) is 13.5. The van der Waals surface area contributed by atoms with Crippen LogP contribution in [0.5, 0.6) is 5.75 Å². The number of ether oxygens (including phenoxy) is 1. The Morgan fingerprint density at radius 2 is 2.00 bits per heavy atom. The molecule has 2 N–H and O–H groups in total. The van der Waals surface area contributed by atoms with Crippen LogP contribution in [0.1, 0.15) is 29.3 Å². The van der Waals surface area contributed by atoms with Crippen molar-refractivity contribution in [2.75, 3.05) is 11.9 Å². The summed E-state index contributed by atoms with van der Waals surface area (Å²) in [6.07, 6.45) is 1.28. The fraction of sp³-hybridized carbons (Fsp3) is 0.263. The van der Waals surface area contributed by atoms with Crippen molar-refractivity contribution < 1.29 is 14.3 Å². The molecule has 1 aliphatic rings. The van der Waals surface area contributed by atoms with Crippen molar-refractivity contribution in [2.45, 2.75) is 25.9 Å². The number of hydrogen-bond donors (Lipinski definition) is 2. The van der Waals surface area contributed by atoms with Crippen LogP contribution in [0, 0.1) is 0 Å². The summed E-state index contributed by atoms with van der Waals surface area (Å²) in [5.74, 6) is 0.226. The molecule has 1 atom stereocenters. The zero-order chi connectivity index (χ0) is 16.9. The molecule has 0 bridgehead atoms. The van der Waals surface area contributed by atoms with Gasteiger partial charge in [-0.15, -0.1) is 0 Å². The van der Waals surface area contributed by atoms with E-state index in [4.69, 9.17) is 4.74 Å². The van der Waals surface area contributed by atoms with Crippen LogP contribution in [0.3, 0.4) is 0 Å². The molecule has 1 unspecified atom stereocenters. The van der Waals surface area contributed by atoms with Gasteiger partial charge >= 0.3 is 0 Å². The van der Waals surface area contributed by atoms with Gasteiger partial charge in [-0.3, -0.25) is 9.59 Å². The van der Waals surface area contributed by atoms with E-state index in [2.05, 4.69) is 22.8 Å². The number of fused-ring (bicyclic) bond motifs is 1. The first kappa shape index (κ1) is 16.1. The molecule has 2 aromatic carbocycles. The Bertz CT molecular complexity index is 744. The van der Waals surface area contributed by atoms with Crippen LogP contribution in [0.4, 0.5) is 5.69 Å². The van der Waals surface area contributed by atoms with Crippen molar-refractivity contribution in [3.05, 3.63) is 59.7 Å². The lowest BCUT2D eigenvalue weighted by Gasteiger charge is -2.23. The lowest BCUT2D eigenvalue weighted by Crippen LogP contribution is -2.34. The van der Waals surface area contributed by atoms with Gasteiger partial charge < -0.3 is 15.4 Å². The van der Waals surface area contributed by atoms with E-state index in [0.717, 1.165) is 12.8 Å². The summed E-state index contributed by atoms with van der Waals surface area (Å²) in [4.78, 5) is 23.9. The summed E-state index contributed by atoms with van der Waals surface area (Å²) in [6.45, 7) is 2.29. The summed E-state index contributed by atoms with van der Waals surface area (Å²) in [5.41, 5.74) is 2.30. The Kier molecular flexibility index (Phi) is 4.79. The van der Waals surface area contributed by atoms with E-state index in [-0.39, 0.29) is 11.8 Å². The van der Waals surface area contributed by atoms with Crippen molar-refractivity contribution in [2.24, 2.45) is 0 Å². The molecular weight excluding hydrogens is 304 g/mol. The highest BCUT2D eigenvalue weighted by molar-refractivity contribution is 6.00. The molecule has 24 heavy (non-hydrogen) atoms. The van der Waals surface area contributed by atoms with Gasteiger partial charge in [0.1, 0.15) is 5.75 Å². The number of amides is 2. The lowest BCUT2D eigenvalue weighted by atomic mass is 10.1. The molecule has 0 aromatic heterocycles. The van der Waals surface area contributed by atoms with Gasteiger partial charge in [0.25, 0.3) is 11.8 Å². The van der Waals surface area contributed by atoms with E-state index in [9.17, 15) is 9.59 Å². The molecule has 5 nitrogen and oxygen atoms in total. The molecule has 3 rings (SSSR count). The number of aryl methyl sites for hydroxylation is 1. The molecule has 1 aliphatic heterocycles. The molecule has 0 fully saturated rings. The minimum Gasteiger partial charge on any atom is -0.479 e. The molecule has 0 aliphatic carbocycles. The maximum atomic E-state index is 12.2. The van der Waals surface area contributed by atoms with E-state index in [1.807, 2.05) is 18.2 Å². The van der Waals surface area contributed by atoms with Crippen LogP contribution in [0.25, 0.3) is 0 Å². The van der Waals surface area contributed by atoms with Crippen molar-refractivity contribution in [1.82, 2.24) is 5.32 Å². The molecule has 2 aromatic rings. The van der Waals surface area contributed by atoms with Crippen LogP contribution in [-0.4, -0.2) is 24.5 Å². The highest BCUT2D eigenvalue weighted by Gasteiger charge is 2.24. The predicted octanol–water partition coefficient (Wildman–Crippen LogP) is 2.77. The number of benzene rings is 2. The summed E-state index contributed by atoms with van der Waals surface area (Å²) in [5, 5.41) is 5.65. The van der Waals surface area contributed by atoms with E-state index >= 15 is 0 Å². The van der Waals surface area contributed by atoms with Crippen LogP contribution in [-0.2, 0) is 11.2 Å². The molecule has 0 saturated carbocycles. The van der Waals surface area contributed by atoms with Gasteiger partial charge in [-0.1, -0.05) is 30.3 Å². The molecule has 2 amide bonds. The normalized spacial score (nSPS) is 15.9. The van der Waals surface area contributed by atoms with Gasteiger partial charge in [-0.2, -0.15) is 0 Å². The monoisotopic (exact) mass is 324 g/mol. The standard InChI is InChI=1S/C19H20N2O3/c1-13-18(22)21-16-12-15(9-10-17(16)24-13)19(23)20-11-5-8-14-6-3-2-4-7-14/h2-4,6-7,9-10,12-13H,5,8,11H2,1H3,(H,20,23)(H,21,22). The van der Waals surface area contributed by atoms with E-state index in [1.54, 1.807) is 25.1 Å². The third kappa shape index (κ3) is 3.74. The lowest BCUT2D eigenvalue weighted by molar-refractivity contribution is -0.122. The summed E-state index contributed by atoms with van der Waals surface area (Å²) >= 11 is 0. The molecule has 0 saturated heterocycles. The molecular formula is C19H20N2O3. The maximum absolute atomic E-state index is 12.2. The summed E-state index contributed by atoms with van der Waals surface area (Å²) in [6, 6.07) is 15.2. The van der Waals surface area contributed by atoms with E-state index < -0.39 is 6.10 Å². The van der Waals surface area contributed by atoms with E-state index in [0.29, 0.717) is 23.5 Å². The van der Waals surface area contributed by atoms with Gasteiger partial charge in [0, 0.05) is 12.1 Å². The highest BCUT2D eigenvalue weighted by atomic mass is 16.5. The second-order valence-electron chi connectivity index (χ2n) is 5.81. The van der Waals surface area contributed by atoms with Crippen molar-refractivity contribution in [3.8, 4) is 5.75 Å². The van der Waals surface area contributed by atoms with Crippen molar-refractivity contribution in [1.29, 1.82) is 0 Å². The van der Waals surface area contributed by atoms with Gasteiger partial charge in [-0.25, -0.2) is 0 Å². The Balaban J connectivity index is 1.54. The molecule has 1 heterocycles. The number of rotatable bonds is 5. The number of carbonyl (C=O) groups excluding carboxylic acids is 2. The predicted molar refractivity (Wildman–Crippen MR) is 92.3 cm³/mol. The van der Waals surface area contributed by atoms with Gasteiger partial charge in [0.05, 0.1) is 5.69 Å². The zero-order valence-electron chi connectivity index (χ0n) is 13.5. The molecule has 0 spiro atoms. The topological polar surface area (TPSA) is 67.4 Å². The average molecular weight is 324 g/mol. The Morgan fingerprint density at radius 1 is 1.21 bits per heavy atom. The first-order valence-electron chi connectivity index (χ1n) is 8.07. The largest absolute Gasteiger partial charge is 0.479 e. The number of nitrogens with one attached hydrogen (secondary N) is 2. The van der Waals surface area contributed by atoms with Gasteiger partial charge in [-0.05, 0) is 43.5 Å². The van der Waals surface area contributed by atoms with Crippen LogP contribution < -0.4 is 15.4 Å². The van der Waals surface area contributed by atoms with Crippen molar-refractivity contribution >= 4 is 17.5 Å². The number of carbonyl (C=O) groups is 2. The van der Waals surface area contributed by atoms with Crippen molar-refractivity contribution in [3.63, 3.8) is 0 Å². The van der Waals surface area contributed by atoms with Crippen LogP contribution in [0.2, 0.25) is 0 Å². The van der Waals surface area contributed by atoms with Gasteiger partial charge in [0.2, 0.25) is 0 Å². The average Bonchev–Trinajstić information content (AvgIpc) is 2.60. The molecule has 5 heteroatoms. The maximum Gasteiger partial charge on any atom is 0.265 e. The summed E-state index contributed by atoms with van der Waals surface area (Å²) < 4.78 is 5.48. The minimum absolute atomic E-state index is 0.154. The number of hydrogen-bond acceptors (Lipinski definition) is 3. The van der Waals surface area contributed by atoms with Crippen LogP contribution in [0.15, 0.2) is 48.5 Å². The second-order valence-corrected chi connectivity index (χ2v) is 5.81. The highest BCUT2D eigenvalue weighted by Crippen LogP contribution is 2.30. The number of anilines is 1. The quantitative estimate of drug-likeness (QED) is 0.831. The summed E-state index contributed by atoms with van der Waals surface area (Å²) in [7, 11) is 0. The smallest absolute Gasteiger partial charge is 0.265 e. The van der Waals surface area contributed by atoms with E-state index in [1.165, 1.54) is 5.56 Å². The Hall–Kier alpha value is -2.82. The second kappa shape index (κ2) is 7.17. The SMILES string of the molecule is CC1Oc2ccc(C(=O)NCCCc3ccccc3)cc2NC1=O. The third-order valence-electron chi connectivity index (χ3n) is 3.94.